The number of aromatic nitrogens is 4. The van der Waals surface area contributed by atoms with E-state index in [4.69, 9.17) is 5.73 Å². The fourth-order valence-corrected chi connectivity index (χ4v) is 5.52. The second-order valence-corrected chi connectivity index (χ2v) is 10.3. The second-order valence-electron chi connectivity index (χ2n) is 8.12. The van der Waals surface area contributed by atoms with Gasteiger partial charge in [0.15, 0.2) is 5.82 Å². The van der Waals surface area contributed by atoms with Crippen molar-refractivity contribution in [2.75, 3.05) is 18.8 Å². The van der Waals surface area contributed by atoms with Crippen molar-refractivity contribution in [1.82, 2.24) is 23.9 Å². The van der Waals surface area contributed by atoms with Crippen LogP contribution in [0.3, 0.4) is 0 Å². The fraction of sp³-hybridized carbons (Fsp3) is 0.450. The molecule has 0 amide bonds. The maximum Gasteiger partial charge on any atom is 0.573 e. The summed E-state index contributed by atoms with van der Waals surface area (Å²) in [6.45, 7) is 0.898. The summed E-state index contributed by atoms with van der Waals surface area (Å²) in [6, 6.07) is 3.45. The Morgan fingerprint density at radius 3 is 2.49 bits per heavy atom. The molecular weight excluding hydrogens is 496 g/mol. The predicted octanol–water partition coefficient (Wildman–Crippen LogP) is 2.35. The number of nitrogens with two attached hydrogens (primary N) is 1. The molecule has 2 fully saturated rings. The zero-order valence-electron chi connectivity index (χ0n) is 18.2. The molecule has 3 N–H and O–H groups in total. The molecular formula is C20H22F4N6O4S. The minimum absolute atomic E-state index is 0.0709. The minimum atomic E-state index is -4.81. The summed E-state index contributed by atoms with van der Waals surface area (Å²) in [4.78, 5) is 7.48. The average molecular weight is 518 g/mol. The number of fused-ring (bicyclic) bond motifs is 1. The zero-order chi connectivity index (χ0) is 25.4. The molecule has 3 aromatic rings. The highest BCUT2D eigenvalue weighted by Crippen LogP contribution is 2.32. The van der Waals surface area contributed by atoms with Crippen LogP contribution in [-0.2, 0) is 10.0 Å². The van der Waals surface area contributed by atoms with Crippen LogP contribution < -0.4 is 10.5 Å². The molecule has 1 atom stereocenters. The van der Waals surface area contributed by atoms with Gasteiger partial charge in [-0.05, 0) is 37.8 Å². The topological polar surface area (TPSA) is 136 Å². The van der Waals surface area contributed by atoms with Crippen molar-refractivity contribution < 1.29 is 35.8 Å². The minimum Gasteiger partial charge on any atom is -0.404 e. The van der Waals surface area contributed by atoms with Crippen molar-refractivity contribution in [2.45, 2.75) is 43.4 Å². The molecule has 10 nitrogen and oxygen atoms in total. The van der Waals surface area contributed by atoms with Crippen molar-refractivity contribution in [3.05, 3.63) is 36.4 Å². The van der Waals surface area contributed by atoms with Gasteiger partial charge in [0.2, 0.25) is 16.0 Å². The Kier molecular flexibility index (Phi) is 6.83. The molecule has 5 rings (SSSR count). The van der Waals surface area contributed by atoms with Crippen LogP contribution in [-0.4, -0.2) is 68.2 Å². The first-order valence-corrected chi connectivity index (χ1v) is 12.1. The number of anilines is 1. The second kappa shape index (κ2) is 9.54. The number of hydrogen-bond donors (Lipinski definition) is 2. The van der Waals surface area contributed by atoms with E-state index in [2.05, 4.69) is 19.8 Å². The quantitative estimate of drug-likeness (QED) is 0.503. The summed E-state index contributed by atoms with van der Waals surface area (Å²) in [5.41, 5.74) is 5.94. The number of nitrogen functional groups attached to an aromatic ring is 1. The van der Waals surface area contributed by atoms with Gasteiger partial charge in [0, 0.05) is 19.2 Å². The average Bonchev–Trinajstić information content (AvgIpc) is 3.59. The van der Waals surface area contributed by atoms with Gasteiger partial charge in [0.25, 0.3) is 0 Å². The van der Waals surface area contributed by atoms with Gasteiger partial charge in [-0.3, -0.25) is 4.98 Å². The van der Waals surface area contributed by atoms with Gasteiger partial charge in [-0.2, -0.15) is 4.31 Å². The first-order chi connectivity index (χ1) is 16.4. The lowest BCUT2D eigenvalue weighted by atomic mass is 10.1. The molecule has 1 unspecified atom stereocenters. The van der Waals surface area contributed by atoms with Crippen LogP contribution in [0.5, 0.6) is 5.75 Å². The van der Waals surface area contributed by atoms with E-state index in [0.717, 1.165) is 44.0 Å². The highest BCUT2D eigenvalue weighted by molar-refractivity contribution is 7.90. The normalized spacial score (nSPS) is 19.3. The van der Waals surface area contributed by atoms with Crippen LogP contribution in [0.15, 0.2) is 30.6 Å². The maximum absolute atomic E-state index is 13.8. The summed E-state index contributed by atoms with van der Waals surface area (Å²) in [6.07, 6.45) is -0.0680. The van der Waals surface area contributed by atoms with Crippen molar-refractivity contribution >= 4 is 21.5 Å². The highest BCUT2D eigenvalue weighted by atomic mass is 32.2. The molecule has 35 heavy (non-hydrogen) atoms. The SMILES string of the molecule is Nc1ncc2c(F)cc(-c3ccc(OC(F)(F)F)cn3)n2n1.O=S(=O)(C1CC1)N1CCCC(O)C1. The van der Waals surface area contributed by atoms with E-state index in [1.807, 2.05) is 0 Å². The third kappa shape index (κ3) is 5.97. The summed E-state index contributed by atoms with van der Waals surface area (Å²) in [7, 11) is -3.05. The van der Waals surface area contributed by atoms with E-state index in [-0.39, 0.29) is 28.1 Å². The number of piperidine rings is 1. The molecule has 1 saturated carbocycles. The van der Waals surface area contributed by atoms with Crippen molar-refractivity contribution in [1.29, 1.82) is 0 Å². The maximum atomic E-state index is 13.8. The van der Waals surface area contributed by atoms with Gasteiger partial charge < -0.3 is 15.6 Å². The number of aliphatic hydroxyl groups is 1. The number of rotatable bonds is 4. The number of β-amino-alcohol motifs (C(OH)–C–C–N with tert-alkyl or cyclic N) is 1. The molecule has 1 aliphatic carbocycles. The molecule has 0 radical (unpaired) electrons. The van der Waals surface area contributed by atoms with Gasteiger partial charge in [0.05, 0.1) is 35.1 Å². The van der Waals surface area contributed by atoms with E-state index in [0.29, 0.717) is 13.1 Å². The molecule has 0 spiro atoms. The third-order valence-electron chi connectivity index (χ3n) is 5.38. The molecule has 4 heterocycles. The zero-order valence-corrected chi connectivity index (χ0v) is 19.0. The Labute approximate surface area is 197 Å². The van der Waals surface area contributed by atoms with Crippen LogP contribution in [0.2, 0.25) is 0 Å². The predicted molar refractivity (Wildman–Crippen MR) is 116 cm³/mol. The fourth-order valence-electron chi connectivity index (χ4n) is 3.60. The Bertz CT molecular complexity index is 1300. The first kappa shape index (κ1) is 25.1. The molecule has 1 aliphatic heterocycles. The summed E-state index contributed by atoms with van der Waals surface area (Å²) >= 11 is 0. The Morgan fingerprint density at radius 2 is 1.89 bits per heavy atom. The number of aliphatic hydroxyl groups excluding tert-OH is 1. The summed E-state index contributed by atoms with van der Waals surface area (Å²) < 4.78 is 79.8. The number of ether oxygens (including phenoxy) is 1. The van der Waals surface area contributed by atoms with Gasteiger partial charge >= 0.3 is 6.36 Å². The van der Waals surface area contributed by atoms with E-state index >= 15 is 0 Å². The number of halogens is 4. The van der Waals surface area contributed by atoms with Crippen LogP contribution in [0, 0.1) is 5.82 Å². The van der Waals surface area contributed by atoms with Gasteiger partial charge in [0.1, 0.15) is 11.3 Å². The van der Waals surface area contributed by atoms with Crippen LogP contribution in [0.4, 0.5) is 23.5 Å². The van der Waals surface area contributed by atoms with E-state index < -0.39 is 34.1 Å². The standard InChI is InChI=1S/C12H7F4N5O.C8H15NO3S/c13-7-3-9(21-10(7)5-19-11(17)20-21)8-2-1-6(4-18-8)22-12(14,15)16;10-7-2-1-5-9(6-7)13(11,12)8-3-4-8/h1-5H,(H2,17,20);7-8,10H,1-6H2. The lowest BCUT2D eigenvalue weighted by Crippen LogP contribution is -2.43. The molecule has 1 saturated heterocycles. The molecule has 3 aromatic heterocycles. The van der Waals surface area contributed by atoms with Crippen LogP contribution in [0.1, 0.15) is 25.7 Å². The van der Waals surface area contributed by atoms with Gasteiger partial charge in [-0.15, -0.1) is 18.3 Å². The van der Waals surface area contributed by atoms with Crippen LogP contribution in [0.25, 0.3) is 16.9 Å². The molecule has 0 bridgehead atoms. The lowest BCUT2D eigenvalue weighted by molar-refractivity contribution is -0.274. The number of nitrogens with zero attached hydrogens (tertiary/aromatic N) is 5. The smallest absolute Gasteiger partial charge is 0.404 e. The Morgan fingerprint density at radius 1 is 1.14 bits per heavy atom. The van der Waals surface area contributed by atoms with E-state index in [1.165, 1.54) is 21.1 Å². The first-order valence-electron chi connectivity index (χ1n) is 10.6. The number of alkyl halides is 3. The number of hydrogen-bond acceptors (Lipinski definition) is 8. The molecule has 15 heteroatoms. The van der Waals surface area contributed by atoms with E-state index in [1.54, 1.807) is 0 Å². The molecule has 2 aliphatic rings. The summed E-state index contributed by atoms with van der Waals surface area (Å²) in [5.74, 6) is -1.17. The largest absolute Gasteiger partial charge is 0.573 e. The molecule has 0 aromatic carbocycles. The lowest BCUT2D eigenvalue weighted by Gasteiger charge is -2.29. The Balaban J connectivity index is 0.000000189. The van der Waals surface area contributed by atoms with Gasteiger partial charge in [-0.25, -0.2) is 22.3 Å². The van der Waals surface area contributed by atoms with Crippen LogP contribution >= 0.6 is 0 Å². The number of pyridine rings is 1. The summed E-state index contributed by atoms with van der Waals surface area (Å²) in [5, 5.41) is 13.0. The highest BCUT2D eigenvalue weighted by Gasteiger charge is 2.41. The van der Waals surface area contributed by atoms with Gasteiger partial charge in [-0.1, -0.05) is 0 Å². The van der Waals surface area contributed by atoms with E-state index in [9.17, 15) is 31.1 Å². The number of sulfonamides is 1. The van der Waals surface area contributed by atoms with Crippen molar-refractivity contribution in [2.24, 2.45) is 0 Å². The van der Waals surface area contributed by atoms with Crippen molar-refractivity contribution in [3.63, 3.8) is 0 Å². The van der Waals surface area contributed by atoms with Crippen molar-refractivity contribution in [3.8, 4) is 17.1 Å². The third-order valence-corrected chi connectivity index (χ3v) is 7.75. The Hall–Kier alpha value is -3.04. The molecule has 190 valence electrons. The monoisotopic (exact) mass is 518 g/mol.